The molecule has 0 radical (unpaired) electrons. The highest BCUT2D eigenvalue weighted by Gasteiger charge is 2.11. The molecule has 5 nitrogen and oxygen atoms in total. The molecule has 0 aliphatic rings. The molecule has 7 heteroatoms. The first-order valence-corrected chi connectivity index (χ1v) is 10.7. The minimum Gasteiger partial charge on any atom is -0.248 e. The molecule has 2 aromatic carbocycles. The molecule has 0 atom stereocenters. The first-order valence-electron chi connectivity index (χ1n) is 8.67. The van der Waals surface area contributed by atoms with Crippen molar-refractivity contribution in [3.63, 3.8) is 0 Å². The summed E-state index contributed by atoms with van der Waals surface area (Å²) in [5, 5.41) is 5.23. The summed E-state index contributed by atoms with van der Waals surface area (Å²) in [6.45, 7) is 1.97. The van der Waals surface area contributed by atoms with Crippen molar-refractivity contribution in [3.8, 4) is 16.9 Å². The van der Waals surface area contributed by atoms with Gasteiger partial charge in [-0.15, -0.1) is 0 Å². The summed E-state index contributed by atoms with van der Waals surface area (Å²) in [5.74, 6) is -0.316. The maximum atomic E-state index is 13.5. The van der Waals surface area contributed by atoms with E-state index in [0.717, 1.165) is 33.3 Å². The number of fused-ring (bicyclic) bond motifs is 1. The normalized spacial score (nSPS) is 11.8. The Hall–Kier alpha value is -3.06. The number of hydrogen-bond donors (Lipinski definition) is 0. The van der Waals surface area contributed by atoms with Gasteiger partial charge < -0.3 is 0 Å². The quantitative estimate of drug-likeness (QED) is 0.522. The molecule has 0 unspecified atom stereocenters. The number of nitrogens with zero attached hydrogens (tertiary/aromatic N) is 3. The van der Waals surface area contributed by atoms with E-state index in [1.807, 2.05) is 25.1 Å². The highest BCUT2D eigenvalue weighted by molar-refractivity contribution is 7.89. The third-order valence-electron chi connectivity index (χ3n) is 4.46. The number of pyridine rings is 1. The third-order valence-corrected chi connectivity index (χ3v) is 5.32. The Morgan fingerprint density at radius 1 is 1.11 bits per heavy atom. The fourth-order valence-electron chi connectivity index (χ4n) is 3.20. The lowest BCUT2D eigenvalue weighted by Crippen LogP contribution is -2.01. The molecule has 0 saturated heterocycles. The van der Waals surface area contributed by atoms with E-state index in [1.165, 1.54) is 18.4 Å². The van der Waals surface area contributed by atoms with Crippen molar-refractivity contribution in [2.75, 3.05) is 6.26 Å². The monoisotopic (exact) mass is 395 g/mol. The molecule has 4 rings (SSSR count). The Morgan fingerprint density at radius 2 is 1.93 bits per heavy atom. The molecule has 142 valence electrons. The van der Waals surface area contributed by atoms with Crippen molar-refractivity contribution in [1.82, 2.24) is 14.8 Å². The van der Waals surface area contributed by atoms with Gasteiger partial charge in [0.15, 0.2) is 9.84 Å². The van der Waals surface area contributed by atoms with E-state index >= 15 is 0 Å². The largest absolute Gasteiger partial charge is 0.248 e. The van der Waals surface area contributed by atoms with Crippen molar-refractivity contribution in [2.24, 2.45) is 0 Å². The Kier molecular flexibility index (Phi) is 4.47. The summed E-state index contributed by atoms with van der Waals surface area (Å²) in [7, 11) is -3.09. The van der Waals surface area contributed by atoms with E-state index in [-0.39, 0.29) is 11.6 Å². The fraction of sp³-hybridized carbons (Fsp3) is 0.143. The van der Waals surface area contributed by atoms with Crippen molar-refractivity contribution in [1.29, 1.82) is 0 Å². The van der Waals surface area contributed by atoms with Crippen LogP contribution < -0.4 is 0 Å². The zero-order chi connectivity index (χ0) is 19.9. The second-order valence-electron chi connectivity index (χ2n) is 6.90. The molecular weight excluding hydrogens is 377 g/mol. The van der Waals surface area contributed by atoms with Gasteiger partial charge in [-0.3, -0.25) is 0 Å². The molecule has 4 aromatic rings. The van der Waals surface area contributed by atoms with Crippen LogP contribution in [0.15, 0.2) is 60.9 Å². The van der Waals surface area contributed by atoms with Gasteiger partial charge in [0.25, 0.3) is 0 Å². The third kappa shape index (κ3) is 3.80. The van der Waals surface area contributed by atoms with E-state index in [9.17, 15) is 12.8 Å². The number of benzene rings is 2. The number of sulfone groups is 1. The van der Waals surface area contributed by atoms with Gasteiger partial charge in [0.1, 0.15) is 5.82 Å². The molecule has 2 aromatic heterocycles. The molecule has 2 heterocycles. The number of halogens is 1. The topological polar surface area (TPSA) is 64.8 Å². The molecule has 0 spiro atoms. The Labute approximate surface area is 162 Å². The fourth-order valence-corrected chi connectivity index (χ4v) is 3.98. The summed E-state index contributed by atoms with van der Waals surface area (Å²) in [6, 6.07) is 13.7. The lowest BCUT2D eigenvalue weighted by atomic mass is 10.0. The van der Waals surface area contributed by atoms with Crippen molar-refractivity contribution >= 4 is 20.7 Å². The molecular formula is C21H18FN3O2S. The number of hydrogen-bond acceptors (Lipinski definition) is 4. The molecule has 0 amide bonds. The minimum absolute atomic E-state index is 0.00450. The zero-order valence-corrected chi connectivity index (χ0v) is 16.2. The summed E-state index contributed by atoms with van der Waals surface area (Å²) < 4.78 is 38.2. The number of aryl methyl sites for hydroxylation is 1. The van der Waals surface area contributed by atoms with Crippen LogP contribution in [0.3, 0.4) is 0 Å². The lowest BCUT2D eigenvalue weighted by molar-refractivity contribution is 0.601. The summed E-state index contributed by atoms with van der Waals surface area (Å²) in [6.07, 6.45) is 4.72. The van der Waals surface area contributed by atoms with Crippen LogP contribution in [0, 0.1) is 12.7 Å². The van der Waals surface area contributed by atoms with Gasteiger partial charge in [-0.1, -0.05) is 12.1 Å². The second-order valence-corrected chi connectivity index (χ2v) is 9.04. The maximum absolute atomic E-state index is 13.5. The van der Waals surface area contributed by atoms with E-state index < -0.39 is 9.84 Å². The Morgan fingerprint density at radius 3 is 2.68 bits per heavy atom. The van der Waals surface area contributed by atoms with E-state index in [0.29, 0.717) is 5.69 Å². The van der Waals surface area contributed by atoms with Crippen LogP contribution in [0.4, 0.5) is 4.39 Å². The van der Waals surface area contributed by atoms with Gasteiger partial charge >= 0.3 is 0 Å². The molecule has 0 fully saturated rings. The van der Waals surface area contributed by atoms with Crippen molar-refractivity contribution < 1.29 is 12.8 Å². The molecule has 0 saturated carbocycles. The van der Waals surface area contributed by atoms with Crippen LogP contribution in [-0.2, 0) is 15.6 Å². The standard InChI is InChI=1S/C21H18FN3O2S/c1-14-8-21(16-11-23-25(12-16)18-5-3-4-17(22)10-18)24-20-7-6-15(9-19(14)20)13-28(2,26)27/h3-12H,13H2,1-2H3. The second kappa shape index (κ2) is 6.83. The lowest BCUT2D eigenvalue weighted by Gasteiger charge is -2.07. The highest BCUT2D eigenvalue weighted by Crippen LogP contribution is 2.26. The van der Waals surface area contributed by atoms with E-state index in [2.05, 4.69) is 5.10 Å². The highest BCUT2D eigenvalue weighted by atomic mass is 32.2. The molecule has 0 N–H and O–H groups in total. The SMILES string of the molecule is Cc1cc(-c2cnn(-c3cccc(F)c3)c2)nc2ccc(CS(C)(=O)=O)cc12. The smallest absolute Gasteiger partial charge is 0.151 e. The number of rotatable bonds is 4. The average molecular weight is 395 g/mol. The van der Waals surface area contributed by atoms with Gasteiger partial charge in [0, 0.05) is 23.4 Å². The van der Waals surface area contributed by atoms with Crippen LogP contribution in [0.5, 0.6) is 0 Å². The van der Waals surface area contributed by atoms with Crippen molar-refractivity contribution in [3.05, 3.63) is 77.9 Å². The molecule has 0 aliphatic heterocycles. The van der Waals surface area contributed by atoms with Crippen LogP contribution in [-0.4, -0.2) is 29.4 Å². The van der Waals surface area contributed by atoms with Gasteiger partial charge in [-0.25, -0.2) is 22.5 Å². The first kappa shape index (κ1) is 18.3. The summed E-state index contributed by atoms with van der Waals surface area (Å²) in [4.78, 5) is 4.69. The average Bonchev–Trinajstić information content (AvgIpc) is 3.11. The summed E-state index contributed by atoms with van der Waals surface area (Å²) >= 11 is 0. The van der Waals surface area contributed by atoms with E-state index in [4.69, 9.17) is 4.98 Å². The van der Waals surface area contributed by atoms with Gasteiger partial charge in [-0.2, -0.15) is 5.10 Å². The first-order chi connectivity index (χ1) is 13.3. The van der Waals surface area contributed by atoms with Gasteiger partial charge in [0.05, 0.1) is 28.8 Å². The Bertz CT molecular complexity index is 1300. The van der Waals surface area contributed by atoms with Crippen LogP contribution >= 0.6 is 0 Å². The summed E-state index contributed by atoms with van der Waals surface area (Å²) in [5.41, 5.74) is 4.72. The Balaban J connectivity index is 1.73. The maximum Gasteiger partial charge on any atom is 0.151 e. The van der Waals surface area contributed by atoms with Gasteiger partial charge in [-0.05, 0) is 54.4 Å². The number of aromatic nitrogens is 3. The van der Waals surface area contributed by atoms with Crippen LogP contribution in [0.25, 0.3) is 27.8 Å². The molecule has 0 aliphatic carbocycles. The minimum atomic E-state index is -3.09. The predicted octanol–water partition coefficient (Wildman–Crippen LogP) is 4.08. The molecule has 28 heavy (non-hydrogen) atoms. The van der Waals surface area contributed by atoms with Crippen molar-refractivity contribution in [2.45, 2.75) is 12.7 Å². The zero-order valence-electron chi connectivity index (χ0n) is 15.4. The predicted molar refractivity (Wildman–Crippen MR) is 108 cm³/mol. The van der Waals surface area contributed by atoms with Gasteiger partial charge in [0.2, 0.25) is 0 Å². The molecule has 0 bridgehead atoms. The van der Waals surface area contributed by atoms with Crippen LogP contribution in [0.2, 0.25) is 0 Å². The van der Waals surface area contributed by atoms with E-state index in [1.54, 1.807) is 35.3 Å². The van der Waals surface area contributed by atoms with Crippen LogP contribution in [0.1, 0.15) is 11.1 Å².